The summed E-state index contributed by atoms with van der Waals surface area (Å²) in [7, 11) is 0. The first-order valence-electron chi connectivity index (χ1n) is 19.6. The van der Waals surface area contributed by atoms with Crippen LogP contribution in [0.5, 0.6) is 0 Å². The first-order valence-corrected chi connectivity index (χ1v) is 20.1. The lowest BCUT2D eigenvalue weighted by molar-refractivity contribution is -0.385. The third-order valence-corrected chi connectivity index (χ3v) is 11.5. The van der Waals surface area contributed by atoms with E-state index in [1.165, 1.54) is 0 Å². The van der Waals surface area contributed by atoms with Crippen molar-refractivity contribution in [3.8, 4) is 0 Å². The van der Waals surface area contributed by atoms with Crippen molar-refractivity contribution in [2.45, 2.75) is 166 Å². The maximum atomic E-state index is 13.0. The van der Waals surface area contributed by atoms with Gasteiger partial charge in [-0.25, -0.2) is 0 Å². The first kappa shape index (κ1) is 51.4. The fourth-order valence-corrected chi connectivity index (χ4v) is 8.13. The average Bonchev–Trinajstić information content (AvgIpc) is 3.23. The Balaban J connectivity index is 1.61. The van der Waals surface area contributed by atoms with Crippen LogP contribution in [-0.2, 0) is 52.2 Å². The van der Waals surface area contributed by atoms with E-state index in [0.29, 0.717) is 0 Å². The number of rotatable bonds is 15. The molecule has 360 valence electrons. The molecule has 25 unspecified atom stereocenters. The topological polar surface area (TPSA) is 424 Å². The van der Waals surface area contributed by atoms with Crippen LogP contribution in [-0.4, -0.2) is 269 Å². The van der Waals surface area contributed by atoms with Crippen LogP contribution in [0.3, 0.4) is 0 Å². The molecule has 0 aromatic heterocycles. The molecule has 16 N–H and O–H groups in total. The van der Waals surface area contributed by atoms with E-state index in [2.05, 4.69) is 23.3 Å². The quantitative estimate of drug-likeness (QED) is 0.0678. The van der Waals surface area contributed by atoms with Gasteiger partial charge in [0.2, 0.25) is 11.8 Å². The summed E-state index contributed by atoms with van der Waals surface area (Å²) in [6.45, 7) is -2.27. The summed E-state index contributed by atoms with van der Waals surface area (Å²) in [6.07, 6.45) is -40.7. The molecule has 25 atom stereocenters. The highest BCUT2D eigenvalue weighted by molar-refractivity contribution is 7.80. The molecule has 5 heterocycles. The molecule has 0 radical (unpaired) electrons. The predicted molar refractivity (Wildman–Crippen MR) is 196 cm³/mol. The Morgan fingerprint density at radius 1 is 0.452 bits per heavy atom. The number of ether oxygens (including phenoxy) is 9. The maximum Gasteiger partial charge on any atom is 0.217 e. The molecule has 5 fully saturated rings. The number of nitrogens with one attached hydrogen (secondary N) is 2. The molecule has 0 saturated carbocycles. The molecular weight excluding hydrogens is 868 g/mol. The van der Waals surface area contributed by atoms with E-state index in [1.807, 2.05) is 0 Å². The highest BCUT2D eigenvalue weighted by Crippen LogP contribution is 2.37. The number of hydrogen-bond donors (Lipinski definition) is 17. The van der Waals surface area contributed by atoms with Crippen molar-refractivity contribution in [3.63, 3.8) is 0 Å². The van der Waals surface area contributed by atoms with Gasteiger partial charge in [0, 0.05) is 13.8 Å². The summed E-state index contributed by atoms with van der Waals surface area (Å²) in [5.41, 5.74) is -1.21. The van der Waals surface area contributed by atoms with Gasteiger partial charge < -0.3 is 125 Å². The summed E-state index contributed by atoms with van der Waals surface area (Å²) in [5.74, 6) is -1.47. The Morgan fingerprint density at radius 3 is 1.29 bits per heavy atom. The molecule has 28 heteroatoms. The van der Waals surface area contributed by atoms with Crippen LogP contribution in [0.1, 0.15) is 13.8 Å². The van der Waals surface area contributed by atoms with Crippen molar-refractivity contribution in [1.82, 2.24) is 10.6 Å². The summed E-state index contributed by atoms with van der Waals surface area (Å²) in [6, 6.07) is -3.06. The number of aliphatic hydroxyl groups excluding tert-OH is 14. The molecule has 2 amide bonds. The Labute approximate surface area is 357 Å². The zero-order valence-electron chi connectivity index (χ0n) is 33.2. The number of carbonyl (C=O) groups is 2. The Kier molecular flexibility index (Phi) is 18.4. The Morgan fingerprint density at radius 2 is 0.839 bits per heavy atom. The molecule has 5 aliphatic heterocycles. The number of carbonyl (C=O) groups excluding carboxylic acids is 2. The van der Waals surface area contributed by atoms with Crippen LogP contribution < -0.4 is 10.6 Å². The fraction of sp³-hybridized carbons (Fsp3) is 0.941. The van der Waals surface area contributed by atoms with Crippen LogP contribution >= 0.6 is 12.6 Å². The molecule has 0 aliphatic carbocycles. The van der Waals surface area contributed by atoms with Gasteiger partial charge in [0.25, 0.3) is 0 Å². The van der Waals surface area contributed by atoms with Gasteiger partial charge in [0.15, 0.2) is 25.2 Å². The lowest BCUT2D eigenvalue weighted by Gasteiger charge is -2.52. The first-order chi connectivity index (χ1) is 29.3. The zero-order valence-corrected chi connectivity index (χ0v) is 34.1. The van der Waals surface area contributed by atoms with Gasteiger partial charge in [0.1, 0.15) is 121 Å². The molecule has 0 bridgehead atoms. The summed E-state index contributed by atoms with van der Waals surface area (Å²) in [5, 5.41) is 152. The minimum absolute atomic E-state index is 0.630. The second-order valence-electron chi connectivity index (χ2n) is 15.5. The Bertz CT molecular complexity index is 1440. The van der Waals surface area contributed by atoms with E-state index in [-0.39, 0.29) is 0 Å². The van der Waals surface area contributed by atoms with Crippen LogP contribution in [0.15, 0.2) is 0 Å². The summed E-state index contributed by atoms with van der Waals surface area (Å²) < 4.78 is 53.0. The Hall–Kier alpha value is -1.63. The number of thiol groups is 1. The van der Waals surface area contributed by atoms with E-state index in [9.17, 15) is 81.1 Å². The molecular formula is C34H58N2O25S. The molecule has 0 aromatic carbocycles. The molecule has 27 nitrogen and oxygen atoms in total. The lowest BCUT2D eigenvalue weighted by atomic mass is 9.93. The number of amides is 2. The van der Waals surface area contributed by atoms with E-state index < -0.39 is 197 Å². The normalized spacial score (nSPS) is 49.0. The second kappa shape index (κ2) is 22.2. The fourth-order valence-electron chi connectivity index (χ4n) is 7.73. The van der Waals surface area contributed by atoms with Gasteiger partial charge >= 0.3 is 0 Å². The van der Waals surface area contributed by atoms with Crippen molar-refractivity contribution in [3.05, 3.63) is 0 Å². The van der Waals surface area contributed by atoms with Crippen LogP contribution in [0.25, 0.3) is 0 Å². The largest absolute Gasteiger partial charge is 0.394 e. The van der Waals surface area contributed by atoms with Crippen LogP contribution in [0.2, 0.25) is 0 Å². The third kappa shape index (κ3) is 11.1. The van der Waals surface area contributed by atoms with Crippen molar-refractivity contribution in [1.29, 1.82) is 0 Å². The van der Waals surface area contributed by atoms with Gasteiger partial charge in [-0.2, -0.15) is 0 Å². The number of hydrogen-bond acceptors (Lipinski definition) is 26. The standard InChI is InChI=1S/C34H58N2O25S/c1-8(41)35-15-20(46)27(13(6-40)58-34(15)62)59-30-16(36-9(2)42)29(61-33-26(52)23(49)19(45)12(5-39)56-33)28(60-32-25(51)22(48)18(44)11(4-38)55-32)14(57-30)7-53-31-24(50)21(47)17(43)10(3-37)54-31/h10-34,37-40,43-52,62H,3-7H2,1-2H3,(H,35,41)(H,36,42). The van der Waals surface area contributed by atoms with E-state index >= 15 is 0 Å². The van der Waals surface area contributed by atoms with Gasteiger partial charge in [0.05, 0.1) is 39.1 Å². The molecule has 5 rings (SSSR count). The lowest BCUT2D eigenvalue weighted by Crippen LogP contribution is -2.71. The van der Waals surface area contributed by atoms with Crippen molar-refractivity contribution in [2.24, 2.45) is 0 Å². The van der Waals surface area contributed by atoms with Gasteiger partial charge in [-0.15, -0.1) is 12.6 Å². The maximum absolute atomic E-state index is 13.0. The van der Waals surface area contributed by atoms with E-state index in [0.717, 1.165) is 13.8 Å². The second-order valence-corrected chi connectivity index (χ2v) is 16.0. The third-order valence-electron chi connectivity index (χ3n) is 11.1. The minimum atomic E-state index is -2.12. The molecule has 5 saturated heterocycles. The predicted octanol–water partition coefficient (Wildman–Crippen LogP) is -10.7. The summed E-state index contributed by atoms with van der Waals surface area (Å²) in [4.78, 5) is 25.0. The van der Waals surface area contributed by atoms with Crippen LogP contribution in [0.4, 0.5) is 0 Å². The van der Waals surface area contributed by atoms with Crippen molar-refractivity contribution < 1.29 is 124 Å². The highest BCUT2D eigenvalue weighted by atomic mass is 32.1. The SMILES string of the molecule is CC(=O)NC1C(S)OC(CO)C(OC2OC(COC3OC(CO)C(O)C(O)C3O)C(OC3OC(CO)C(O)C(O)C3O)C(OC3OC(CO)C(O)C(O)C3O)C2NC(C)=O)C1O. The number of aliphatic hydroxyl groups is 14. The van der Waals surface area contributed by atoms with Gasteiger partial charge in [-0.1, -0.05) is 0 Å². The average molecular weight is 927 g/mol. The highest BCUT2D eigenvalue weighted by Gasteiger charge is 2.57. The van der Waals surface area contributed by atoms with Gasteiger partial charge in [-0.3, -0.25) is 9.59 Å². The van der Waals surface area contributed by atoms with Gasteiger partial charge in [-0.05, 0) is 0 Å². The zero-order chi connectivity index (χ0) is 45.9. The van der Waals surface area contributed by atoms with Crippen LogP contribution in [0, 0.1) is 0 Å². The van der Waals surface area contributed by atoms with E-state index in [1.54, 1.807) is 0 Å². The monoisotopic (exact) mass is 926 g/mol. The van der Waals surface area contributed by atoms with Crippen molar-refractivity contribution >= 4 is 24.4 Å². The molecule has 0 aromatic rings. The van der Waals surface area contributed by atoms with E-state index in [4.69, 9.17) is 42.6 Å². The minimum Gasteiger partial charge on any atom is -0.394 e. The molecule has 62 heavy (non-hydrogen) atoms. The molecule has 0 spiro atoms. The summed E-state index contributed by atoms with van der Waals surface area (Å²) >= 11 is 4.27. The molecule has 5 aliphatic rings. The smallest absolute Gasteiger partial charge is 0.217 e. The van der Waals surface area contributed by atoms with Crippen molar-refractivity contribution in [2.75, 3.05) is 33.0 Å².